The molecule has 0 aliphatic rings. The maximum absolute atomic E-state index is 11.6. The topological polar surface area (TPSA) is 77.8 Å². The molecule has 1 aromatic carbocycles. The number of carboxylic acid groups (broad SMARTS) is 1. The van der Waals surface area contributed by atoms with Crippen LogP contribution in [0.5, 0.6) is 11.5 Å². The van der Waals surface area contributed by atoms with Gasteiger partial charge in [0.1, 0.15) is 11.5 Å². The monoisotopic (exact) mass is 426 g/mol. The summed E-state index contributed by atoms with van der Waals surface area (Å²) in [7, 11) is 0. The molecule has 0 aliphatic heterocycles. The van der Waals surface area contributed by atoms with Crippen LogP contribution in [0.4, 0.5) is 0 Å². The number of phenolic OH excluding ortho intramolecular Hbond substituents is 2. The first-order valence-electron chi connectivity index (χ1n) is 11.0. The van der Waals surface area contributed by atoms with E-state index in [9.17, 15) is 20.1 Å². The predicted octanol–water partition coefficient (Wildman–Crippen LogP) is 7.16. The van der Waals surface area contributed by atoms with Crippen molar-refractivity contribution in [3.05, 3.63) is 69.9 Å². The number of aromatic hydroxyl groups is 2. The summed E-state index contributed by atoms with van der Waals surface area (Å²) in [6.45, 7) is 10.2. The minimum Gasteiger partial charge on any atom is -0.508 e. The lowest BCUT2D eigenvalue weighted by Gasteiger charge is -2.07. The zero-order valence-electron chi connectivity index (χ0n) is 19.7. The molecule has 0 heterocycles. The molecule has 0 aromatic heterocycles. The van der Waals surface area contributed by atoms with E-state index in [0.29, 0.717) is 29.5 Å². The summed E-state index contributed by atoms with van der Waals surface area (Å²) in [5.41, 5.74) is 5.44. The lowest BCUT2D eigenvalue weighted by atomic mass is 10.0. The molecular formula is C27H38O4. The van der Waals surface area contributed by atoms with Crippen molar-refractivity contribution in [1.29, 1.82) is 0 Å². The standard InChI is InChI=1S/C27H38O4/c1-19(2)9-6-10-20(3)11-7-12-21(4)13-8-14-23(27(30)31)15-16-24-18-25(28)17-22(5)26(24)29/h9,11,13,15,17-18,28-29H,6-8,10,12,14,16H2,1-5H3,(H,30,31). The molecule has 1 rings (SSSR count). The van der Waals surface area contributed by atoms with Gasteiger partial charge in [-0.15, -0.1) is 0 Å². The number of hydrogen-bond donors (Lipinski definition) is 3. The SMILES string of the molecule is CC(C)=CCCC(C)=CCCC(C)=CCCC(=CCc1cc(O)cc(C)c1O)C(=O)O. The van der Waals surface area contributed by atoms with Gasteiger partial charge in [-0.3, -0.25) is 0 Å². The second-order valence-corrected chi connectivity index (χ2v) is 8.51. The maximum Gasteiger partial charge on any atom is 0.331 e. The number of carboxylic acids is 1. The number of phenols is 2. The average Bonchev–Trinajstić information content (AvgIpc) is 2.67. The zero-order valence-corrected chi connectivity index (χ0v) is 19.7. The Morgan fingerprint density at radius 2 is 1.39 bits per heavy atom. The van der Waals surface area contributed by atoms with Gasteiger partial charge in [0.05, 0.1) is 0 Å². The van der Waals surface area contributed by atoms with Crippen molar-refractivity contribution in [1.82, 2.24) is 0 Å². The van der Waals surface area contributed by atoms with Gasteiger partial charge >= 0.3 is 5.97 Å². The molecular weight excluding hydrogens is 388 g/mol. The highest BCUT2D eigenvalue weighted by molar-refractivity contribution is 5.86. The first-order valence-corrected chi connectivity index (χ1v) is 11.0. The van der Waals surface area contributed by atoms with Gasteiger partial charge in [-0.2, -0.15) is 0 Å². The fourth-order valence-corrected chi connectivity index (χ4v) is 3.33. The average molecular weight is 427 g/mol. The zero-order chi connectivity index (χ0) is 23.4. The summed E-state index contributed by atoms with van der Waals surface area (Å²) in [6.07, 6.45) is 13.8. The molecule has 0 bridgehead atoms. The second-order valence-electron chi connectivity index (χ2n) is 8.51. The van der Waals surface area contributed by atoms with Crippen LogP contribution in [-0.2, 0) is 11.2 Å². The molecule has 0 amide bonds. The second kappa shape index (κ2) is 13.5. The molecule has 3 N–H and O–H groups in total. The van der Waals surface area contributed by atoms with Crippen LogP contribution in [0.2, 0.25) is 0 Å². The summed E-state index contributed by atoms with van der Waals surface area (Å²) < 4.78 is 0. The third kappa shape index (κ3) is 10.7. The Bertz CT molecular complexity index is 865. The van der Waals surface area contributed by atoms with Gasteiger partial charge in [0.25, 0.3) is 0 Å². The molecule has 0 unspecified atom stereocenters. The van der Waals surface area contributed by atoms with E-state index in [1.165, 1.54) is 28.9 Å². The Hall–Kier alpha value is -2.75. The van der Waals surface area contributed by atoms with Crippen LogP contribution in [0, 0.1) is 6.92 Å². The Morgan fingerprint density at radius 1 is 0.839 bits per heavy atom. The number of rotatable bonds is 12. The van der Waals surface area contributed by atoms with Gasteiger partial charge in [-0.1, -0.05) is 41.0 Å². The van der Waals surface area contributed by atoms with Crippen molar-refractivity contribution >= 4 is 5.97 Å². The summed E-state index contributed by atoms with van der Waals surface area (Å²) in [5, 5.41) is 29.3. The lowest BCUT2D eigenvalue weighted by molar-refractivity contribution is -0.132. The predicted molar refractivity (Wildman–Crippen MR) is 129 cm³/mol. The molecule has 0 radical (unpaired) electrons. The van der Waals surface area contributed by atoms with Crippen molar-refractivity contribution in [2.24, 2.45) is 0 Å². The van der Waals surface area contributed by atoms with Gasteiger partial charge in [0, 0.05) is 11.1 Å². The van der Waals surface area contributed by atoms with E-state index in [1.807, 2.05) is 0 Å². The van der Waals surface area contributed by atoms with Crippen LogP contribution in [0.15, 0.2) is 58.7 Å². The molecule has 4 nitrogen and oxygen atoms in total. The molecule has 1 aromatic rings. The molecule has 4 heteroatoms. The molecule has 0 saturated heterocycles. The summed E-state index contributed by atoms with van der Waals surface area (Å²) >= 11 is 0. The largest absolute Gasteiger partial charge is 0.508 e. The molecule has 31 heavy (non-hydrogen) atoms. The number of benzene rings is 1. The van der Waals surface area contributed by atoms with Crippen LogP contribution < -0.4 is 0 Å². The highest BCUT2D eigenvalue weighted by Crippen LogP contribution is 2.28. The van der Waals surface area contributed by atoms with E-state index >= 15 is 0 Å². The summed E-state index contributed by atoms with van der Waals surface area (Å²) in [4.78, 5) is 11.6. The highest BCUT2D eigenvalue weighted by Gasteiger charge is 2.09. The van der Waals surface area contributed by atoms with Gasteiger partial charge in [-0.25, -0.2) is 4.79 Å². The molecule has 0 aliphatic carbocycles. The third-order valence-electron chi connectivity index (χ3n) is 5.24. The van der Waals surface area contributed by atoms with E-state index in [1.54, 1.807) is 13.0 Å². The van der Waals surface area contributed by atoms with E-state index < -0.39 is 5.97 Å². The van der Waals surface area contributed by atoms with Gasteiger partial charge in [0.15, 0.2) is 0 Å². The maximum atomic E-state index is 11.6. The number of aryl methyl sites for hydroxylation is 1. The van der Waals surface area contributed by atoms with E-state index in [4.69, 9.17) is 0 Å². The molecule has 170 valence electrons. The number of aliphatic carboxylic acids is 1. The normalized spacial score (nSPS) is 12.7. The Labute approximate surface area is 187 Å². The smallest absolute Gasteiger partial charge is 0.331 e. The third-order valence-corrected chi connectivity index (χ3v) is 5.24. The van der Waals surface area contributed by atoms with Crippen LogP contribution >= 0.6 is 0 Å². The van der Waals surface area contributed by atoms with Crippen LogP contribution in [0.25, 0.3) is 0 Å². The Kier molecular flexibility index (Phi) is 11.5. The van der Waals surface area contributed by atoms with Crippen LogP contribution in [0.3, 0.4) is 0 Å². The first-order chi connectivity index (χ1) is 14.6. The van der Waals surface area contributed by atoms with Crippen molar-refractivity contribution in [2.75, 3.05) is 0 Å². The molecule has 0 saturated carbocycles. The van der Waals surface area contributed by atoms with E-state index in [0.717, 1.165) is 25.7 Å². The van der Waals surface area contributed by atoms with Crippen molar-refractivity contribution in [3.8, 4) is 11.5 Å². The number of carbonyl (C=O) groups is 1. The van der Waals surface area contributed by atoms with Gasteiger partial charge < -0.3 is 15.3 Å². The highest BCUT2D eigenvalue weighted by atomic mass is 16.4. The summed E-state index contributed by atoms with van der Waals surface area (Å²) in [5.74, 6) is -0.786. The Morgan fingerprint density at radius 3 is 1.94 bits per heavy atom. The minimum absolute atomic E-state index is 0.0651. The van der Waals surface area contributed by atoms with Crippen molar-refractivity contribution in [3.63, 3.8) is 0 Å². The summed E-state index contributed by atoms with van der Waals surface area (Å²) in [6, 6.07) is 2.95. The molecule has 0 spiro atoms. The quantitative estimate of drug-likeness (QED) is 0.188. The fourth-order valence-electron chi connectivity index (χ4n) is 3.33. The fraction of sp³-hybridized carbons (Fsp3) is 0.444. The molecule has 0 fully saturated rings. The van der Waals surface area contributed by atoms with Crippen LogP contribution in [0.1, 0.15) is 77.3 Å². The molecule has 0 atom stereocenters. The van der Waals surface area contributed by atoms with Crippen molar-refractivity contribution < 1.29 is 20.1 Å². The van der Waals surface area contributed by atoms with Gasteiger partial charge in [0.2, 0.25) is 0 Å². The van der Waals surface area contributed by atoms with Gasteiger partial charge in [-0.05, 0) is 97.3 Å². The Balaban J connectivity index is 2.57. The lowest BCUT2D eigenvalue weighted by Crippen LogP contribution is -2.01. The first kappa shape index (κ1) is 26.3. The number of hydrogen-bond acceptors (Lipinski definition) is 3. The van der Waals surface area contributed by atoms with Crippen LogP contribution in [-0.4, -0.2) is 21.3 Å². The van der Waals surface area contributed by atoms with Crippen molar-refractivity contribution in [2.45, 2.75) is 79.6 Å². The number of allylic oxidation sites excluding steroid dienone is 7. The van der Waals surface area contributed by atoms with E-state index in [2.05, 4.69) is 45.9 Å². The van der Waals surface area contributed by atoms with E-state index in [-0.39, 0.29) is 17.9 Å². The minimum atomic E-state index is -0.947.